The zero-order valence-electron chi connectivity index (χ0n) is 42.5. The summed E-state index contributed by atoms with van der Waals surface area (Å²) in [7, 11) is 0. The molecule has 2 unspecified atom stereocenters. The summed E-state index contributed by atoms with van der Waals surface area (Å²) in [6, 6.07) is 75.6. The fourth-order valence-electron chi connectivity index (χ4n) is 12.1. The van der Waals surface area contributed by atoms with Crippen molar-refractivity contribution in [3.63, 3.8) is 0 Å². The lowest BCUT2D eigenvalue weighted by molar-refractivity contribution is 0.481. The second-order valence-electron chi connectivity index (χ2n) is 19.8. The topological polar surface area (TPSA) is 21.7 Å². The van der Waals surface area contributed by atoms with Gasteiger partial charge in [-0.3, -0.25) is 0 Å². The molecule has 0 amide bonds. The van der Waals surface area contributed by atoms with E-state index in [1.165, 1.54) is 24.3 Å². The molecule has 0 aliphatic heterocycles. The number of hydrogen-bond acceptors (Lipinski definition) is 3. The Hall–Kier alpha value is -9.98. The van der Waals surface area contributed by atoms with E-state index in [0.29, 0.717) is 45.5 Å². The van der Waals surface area contributed by atoms with E-state index in [2.05, 4.69) is 42.3 Å². The lowest BCUT2D eigenvalue weighted by atomic mass is 9.67. The Labute approximate surface area is 455 Å². The van der Waals surface area contributed by atoms with Crippen molar-refractivity contribution in [2.45, 2.75) is 10.8 Å². The van der Waals surface area contributed by atoms with Gasteiger partial charge in [0.25, 0.3) is 0 Å². The van der Waals surface area contributed by atoms with Crippen LogP contribution in [-0.4, -0.2) is 0 Å². The van der Waals surface area contributed by atoms with E-state index in [4.69, 9.17) is 9.47 Å². The van der Waals surface area contributed by atoms with E-state index in [-0.39, 0.29) is 11.1 Å². The second-order valence-corrected chi connectivity index (χ2v) is 19.8. The minimum absolute atomic E-state index is 0.148. The van der Waals surface area contributed by atoms with Crippen LogP contribution in [-0.2, 0) is 10.8 Å². The average molecular weight is 1030 g/mol. The molecular formula is C72H47F4NO2. The molecule has 380 valence electrons. The highest BCUT2D eigenvalue weighted by atomic mass is 19.1. The molecule has 13 rings (SSSR count). The summed E-state index contributed by atoms with van der Waals surface area (Å²) >= 11 is 0. The van der Waals surface area contributed by atoms with Gasteiger partial charge in [0.1, 0.15) is 46.3 Å². The van der Waals surface area contributed by atoms with Gasteiger partial charge < -0.3 is 14.4 Å². The Balaban J connectivity index is 1.01. The molecule has 0 aromatic heterocycles. The number of fused-ring (bicyclic) bond motifs is 6. The average Bonchev–Trinajstić information content (AvgIpc) is 2.16. The predicted molar refractivity (Wildman–Crippen MR) is 309 cm³/mol. The van der Waals surface area contributed by atoms with Gasteiger partial charge in [-0.25, -0.2) is 17.6 Å². The molecule has 0 saturated heterocycles. The molecule has 0 spiro atoms. The largest absolute Gasteiger partial charge is 0.457 e. The Morgan fingerprint density at radius 3 is 1.09 bits per heavy atom. The molecule has 2 aliphatic rings. The summed E-state index contributed by atoms with van der Waals surface area (Å²) in [5.74, 6) is 0.0918. The number of halogens is 4. The maximum atomic E-state index is 17.1. The number of anilines is 3. The van der Waals surface area contributed by atoms with Crippen molar-refractivity contribution in [2.24, 2.45) is 0 Å². The van der Waals surface area contributed by atoms with E-state index in [1.54, 1.807) is 12.2 Å². The van der Waals surface area contributed by atoms with Crippen LogP contribution >= 0.6 is 0 Å². The van der Waals surface area contributed by atoms with Gasteiger partial charge in [0.2, 0.25) is 0 Å². The summed E-state index contributed by atoms with van der Waals surface area (Å²) < 4.78 is 78.6. The van der Waals surface area contributed by atoms with Crippen LogP contribution in [0.4, 0.5) is 34.6 Å². The number of benzene rings is 11. The molecule has 79 heavy (non-hydrogen) atoms. The first-order chi connectivity index (χ1) is 38.7. The number of rotatable bonds is 13. The van der Waals surface area contributed by atoms with Crippen molar-refractivity contribution in [3.8, 4) is 45.3 Å². The van der Waals surface area contributed by atoms with Crippen molar-refractivity contribution < 1.29 is 27.0 Å². The summed E-state index contributed by atoms with van der Waals surface area (Å²) in [5.41, 5.74) is 9.57. The first-order valence-electron chi connectivity index (χ1n) is 25.9. The van der Waals surface area contributed by atoms with Crippen molar-refractivity contribution in [3.05, 3.63) is 341 Å². The van der Waals surface area contributed by atoms with E-state index in [0.717, 1.165) is 73.5 Å². The summed E-state index contributed by atoms with van der Waals surface area (Å²) in [5, 5.41) is 0. The van der Waals surface area contributed by atoms with Gasteiger partial charge in [-0.05, 0) is 188 Å². The predicted octanol–water partition coefficient (Wildman–Crippen LogP) is 19.3. The monoisotopic (exact) mass is 1030 g/mol. The lowest BCUT2D eigenvalue weighted by Crippen LogP contribution is -2.30. The van der Waals surface area contributed by atoms with Gasteiger partial charge in [-0.2, -0.15) is 0 Å². The SMILES string of the molecule is C=Cc1ccc(Oc2ccc(C3(c4cc(F)ccc4F)c4ccccc4-c4ccc(N(c5ccccc5)c5ccc6c(c5)C(c5ccc(Oc7ccc(C=C)cc7)cc5)(c5cc(F)ccc5F)c5ccccc5-6)cc43)cc2)cc1. The third kappa shape index (κ3) is 8.04. The quantitative estimate of drug-likeness (QED) is 0.107. The minimum atomic E-state index is -1.37. The van der Waals surface area contributed by atoms with Crippen LogP contribution in [0.5, 0.6) is 23.0 Å². The Morgan fingerprint density at radius 1 is 0.316 bits per heavy atom. The fourth-order valence-corrected chi connectivity index (χ4v) is 12.1. The van der Waals surface area contributed by atoms with Crippen LogP contribution in [0, 0.1) is 23.3 Å². The van der Waals surface area contributed by atoms with Crippen molar-refractivity contribution in [1.82, 2.24) is 0 Å². The number of nitrogens with zero attached hydrogens (tertiary/aromatic N) is 1. The zero-order valence-corrected chi connectivity index (χ0v) is 42.5. The van der Waals surface area contributed by atoms with E-state index >= 15 is 17.6 Å². The van der Waals surface area contributed by atoms with Gasteiger partial charge in [-0.15, -0.1) is 0 Å². The number of para-hydroxylation sites is 1. The van der Waals surface area contributed by atoms with Gasteiger partial charge in [0, 0.05) is 28.2 Å². The van der Waals surface area contributed by atoms with Gasteiger partial charge in [0.15, 0.2) is 0 Å². The smallest absolute Gasteiger partial charge is 0.128 e. The summed E-state index contributed by atoms with van der Waals surface area (Å²) in [6.07, 6.45) is 3.53. The van der Waals surface area contributed by atoms with E-state index in [1.807, 2.05) is 188 Å². The van der Waals surface area contributed by atoms with Crippen molar-refractivity contribution in [1.29, 1.82) is 0 Å². The molecule has 3 nitrogen and oxygen atoms in total. The molecule has 2 aliphatic carbocycles. The molecule has 0 radical (unpaired) electrons. The normalized spacial score (nSPS) is 15.5. The van der Waals surface area contributed by atoms with E-state index < -0.39 is 34.1 Å². The maximum Gasteiger partial charge on any atom is 0.128 e. The standard InChI is InChI=1S/C72H47F4NO2/c1-3-46-18-30-55(31-19-46)78-57-34-22-48(23-35-57)71(67-42-50(73)26-40-69(67)75)63-16-10-8-14-59(63)61-38-28-53(44-65(61)71)77(52-12-6-5-7-13-52)54-29-39-62-60-15-9-11-17-64(60)72(66(62)45-54,68-43-51(74)27-41-70(68)76)49-24-36-58(37-25-49)79-56-32-20-47(4-2)21-33-56/h3-45H,1-2H2. The van der Waals surface area contributed by atoms with Crippen LogP contribution < -0.4 is 14.4 Å². The number of ether oxygens (including phenoxy) is 2. The van der Waals surface area contributed by atoms with Crippen LogP contribution in [0.15, 0.2) is 262 Å². The molecular weight excluding hydrogens is 987 g/mol. The first kappa shape index (κ1) is 48.6. The highest BCUT2D eigenvalue weighted by Crippen LogP contribution is 2.60. The molecule has 11 aromatic rings. The zero-order chi connectivity index (χ0) is 53.8. The van der Waals surface area contributed by atoms with Gasteiger partial charge in [0.05, 0.1) is 10.8 Å². The molecule has 0 fully saturated rings. The van der Waals surface area contributed by atoms with Gasteiger partial charge in [-0.1, -0.05) is 153 Å². The number of hydrogen-bond donors (Lipinski definition) is 0. The Bertz CT molecular complexity index is 3910. The van der Waals surface area contributed by atoms with Crippen molar-refractivity contribution in [2.75, 3.05) is 4.90 Å². The molecule has 0 saturated carbocycles. The van der Waals surface area contributed by atoms with Crippen LogP contribution in [0.25, 0.3) is 34.4 Å². The van der Waals surface area contributed by atoms with Crippen LogP contribution in [0.3, 0.4) is 0 Å². The second kappa shape index (κ2) is 19.5. The fraction of sp³-hybridized carbons (Fsp3) is 0.0278. The highest BCUT2D eigenvalue weighted by molar-refractivity contribution is 5.92. The minimum Gasteiger partial charge on any atom is -0.457 e. The summed E-state index contributed by atoms with van der Waals surface area (Å²) in [6.45, 7) is 7.72. The third-order valence-corrected chi connectivity index (χ3v) is 15.5. The highest BCUT2D eigenvalue weighted by Gasteiger charge is 2.50. The van der Waals surface area contributed by atoms with Crippen LogP contribution in [0.2, 0.25) is 0 Å². The molecule has 0 N–H and O–H groups in total. The van der Waals surface area contributed by atoms with Crippen LogP contribution in [0.1, 0.15) is 55.6 Å². The molecule has 2 atom stereocenters. The van der Waals surface area contributed by atoms with Crippen molar-refractivity contribution >= 4 is 29.2 Å². The molecule has 0 bridgehead atoms. The Kier molecular flexibility index (Phi) is 12.0. The first-order valence-corrected chi connectivity index (χ1v) is 25.9. The lowest BCUT2D eigenvalue weighted by Gasteiger charge is -2.36. The van der Waals surface area contributed by atoms with E-state index in [9.17, 15) is 0 Å². The summed E-state index contributed by atoms with van der Waals surface area (Å²) in [4.78, 5) is 2.12. The van der Waals surface area contributed by atoms with Gasteiger partial charge >= 0.3 is 0 Å². The Morgan fingerprint density at radius 2 is 0.684 bits per heavy atom. The molecule has 7 heteroatoms. The molecule has 11 aromatic carbocycles. The maximum absolute atomic E-state index is 17.1. The molecule has 0 heterocycles. The third-order valence-electron chi connectivity index (χ3n) is 15.5.